The zero-order valence-corrected chi connectivity index (χ0v) is 12.2. The van der Waals surface area contributed by atoms with Gasteiger partial charge in [-0.05, 0) is 36.2 Å². The van der Waals surface area contributed by atoms with Gasteiger partial charge in [-0.1, -0.05) is 15.9 Å². The lowest BCUT2D eigenvalue weighted by atomic mass is 9.98. The van der Waals surface area contributed by atoms with Gasteiger partial charge < -0.3 is 4.90 Å². The van der Waals surface area contributed by atoms with Crippen molar-refractivity contribution in [2.24, 2.45) is 0 Å². The van der Waals surface area contributed by atoms with E-state index in [0.29, 0.717) is 30.6 Å². The number of pyridine rings is 1. The third-order valence-electron chi connectivity index (χ3n) is 3.49. The zero-order chi connectivity index (χ0) is 14.1. The van der Waals surface area contributed by atoms with Gasteiger partial charge in [0.15, 0.2) is 0 Å². The number of amides is 1. The van der Waals surface area contributed by atoms with Crippen molar-refractivity contribution in [3.8, 4) is 0 Å². The number of fused-ring (bicyclic) bond motifs is 1. The normalized spacial score (nSPS) is 14.0. The molecule has 5 heteroatoms. The Morgan fingerprint density at radius 1 is 1.30 bits per heavy atom. The molecule has 0 fully saturated rings. The molecule has 0 radical (unpaired) electrons. The van der Waals surface area contributed by atoms with Gasteiger partial charge in [0.25, 0.3) is 5.91 Å². The molecular weight excluding hydrogens is 323 g/mol. The Labute approximate surface area is 124 Å². The largest absolute Gasteiger partial charge is 0.334 e. The third-order valence-corrected chi connectivity index (χ3v) is 4.24. The summed E-state index contributed by atoms with van der Waals surface area (Å²) < 4.78 is 14.8. The third kappa shape index (κ3) is 2.33. The van der Waals surface area contributed by atoms with Crippen LogP contribution < -0.4 is 0 Å². The molecule has 0 saturated carbocycles. The minimum atomic E-state index is -0.258. The first-order valence-electron chi connectivity index (χ1n) is 6.32. The van der Waals surface area contributed by atoms with E-state index in [1.54, 1.807) is 29.3 Å². The van der Waals surface area contributed by atoms with Crippen LogP contribution in [-0.4, -0.2) is 22.3 Å². The van der Waals surface area contributed by atoms with Crippen LogP contribution in [0.15, 0.2) is 41.1 Å². The topological polar surface area (TPSA) is 33.2 Å². The summed E-state index contributed by atoms with van der Waals surface area (Å²) in [6.07, 6.45) is 3.81. The van der Waals surface area contributed by atoms with Crippen LogP contribution in [0.5, 0.6) is 0 Å². The monoisotopic (exact) mass is 334 g/mol. The van der Waals surface area contributed by atoms with Gasteiger partial charge in [-0.2, -0.15) is 0 Å². The molecule has 0 aliphatic carbocycles. The van der Waals surface area contributed by atoms with Crippen LogP contribution in [0, 0.1) is 5.82 Å². The van der Waals surface area contributed by atoms with Crippen LogP contribution in [0.25, 0.3) is 0 Å². The van der Waals surface area contributed by atoms with Gasteiger partial charge in [0.05, 0.1) is 5.56 Å². The second-order valence-corrected chi connectivity index (χ2v) is 5.56. The Bertz CT molecular complexity index is 660. The molecule has 0 bridgehead atoms. The Hall–Kier alpha value is -1.75. The number of nitrogens with zero attached hydrogens (tertiary/aromatic N) is 2. The average Bonchev–Trinajstić information content (AvgIpc) is 2.51. The summed E-state index contributed by atoms with van der Waals surface area (Å²) in [5.74, 6) is -0.366. The Morgan fingerprint density at radius 3 is 2.90 bits per heavy atom. The summed E-state index contributed by atoms with van der Waals surface area (Å²) in [4.78, 5) is 18.0. The molecule has 2 aromatic rings. The van der Waals surface area contributed by atoms with E-state index in [-0.39, 0.29) is 11.7 Å². The molecule has 1 aliphatic heterocycles. The Balaban J connectivity index is 1.89. The molecule has 1 amide bonds. The molecule has 0 unspecified atom stereocenters. The molecule has 102 valence electrons. The van der Waals surface area contributed by atoms with Crippen LogP contribution in [0.4, 0.5) is 4.39 Å². The molecule has 3 rings (SSSR count). The van der Waals surface area contributed by atoms with Gasteiger partial charge in [0.2, 0.25) is 0 Å². The van der Waals surface area contributed by atoms with Crippen molar-refractivity contribution in [3.63, 3.8) is 0 Å². The predicted octanol–water partition coefficient (Wildman–Crippen LogP) is 3.18. The molecule has 3 nitrogen and oxygen atoms in total. The molecule has 20 heavy (non-hydrogen) atoms. The first kappa shape index (κ1) is 13.2. The van der Waals surface area contributed by atoms with Crippen molar-refractivity contribution in [1.29, 1.82) is 0 Å². The number of rotatable bonds is 1. The molecule has 1 aliphatic rings. The second-order valence-electron chi connectivity index (χ2n) is 4.70. The first-order valence-corrected chi connectivity index (χ1v) is 7.11. The zero-order valence-electron chi connectivity index (χ0n) is 10.6. The van der Waals surface area contributed by atoms with Crippen LogP contribution >= 0.6 is 15.9 Å². The van der Waals surface area contributed by atoms with Crippen LogP contribution in [0.1, 0.15) is 21.5 Å². The van der Waals surface area contributed by atoms with Gasteiger partial charge in [0.1, 0.15) is 5.82 Å². The highest BCUT2D eigenvalue weighted by Crippen LogP contribution is 2.29. The highest BCUT2D eigenvalue weighted by molar-refractivity contribution is 9.10. The fraction of sp³-hybridized carbons (Fsp3) is 0.200. The lowest BCUT2D eigenvalue weighted by Gasteiger charge is -2.29. The molecule has 2 heterocycles. The predicted molar refractivity (Wildman–Crippen MR) is 76.8 cm³/mol. The summed E-state index contributed by atoms with van der Waals surface area (Å²) >= 11 is 3.44. The number of benzene rings is 1. The van der Waals surface area contributed by atoms with E-state index in [9.17, 15) is 9.18 Å². The maximum absolute atomic E-state index is 13.9. The van der Waals surface area contributed by atoms with E-state index in [1.165, 1.54) is 12.3 Å². The highest BCUT2D eigenvalue weighted by atomic mass is 79.9. The Morgan fingerprint density at radius 2 is 2.15 bits per heavy atom. The van der Waals surface area contributed by atoms with Gasteiger partial charge in [-0.15, -0.1) is 0 Å². The molecule has 0 saturated heterocycles. The maximum atomic E-state index is 13.9. The molecule has 1 aromatic heterocycles. The van der Waals surface area contributed by atoms with Crippen LogP contribution in [0.3, 0.4) is 0 Å². The van der Waals surface area contributed by atoms with Gasteiger partial charge in [-0.3, -0.25) is 9.78 Å². The van der Waals surface area contributed by atoms with E-state index in [4.69, 9.17) is 0 Å². The molecule has 0 atom stereocenters. The fourth-order valence-electron chi connectivity index (χ4n) is 2.44. The van der Waals surface area contributed by atoms with Gasteiger partial charge >= 0.3 is 0 Å². The van der Waals surface area contributed by atoms with Crippen molar-refractivity contribution in [1.82, 2.24) is 9.88 Å². The van der Waals surface area contributed by atoms with Crippen molar-refractivity contribution in [2.75, 3.05) is 6.54 Å². The number of halogens is 2. The standard InChI is InChI=1S/C15H12BrFN2O/c16-13-3-4-14(17)12-9-19(7-5-11(12)13)15(20)10-2-1-6-18-8-10/h1-4,6,8H,5,7,9H2. The average molecular weight is 335 g/mol. The molecule has 0 spiro atoms. The minimum Gasteiger partial charge on any atom is -0.334 e. The summed E-state index contributed by atoms with van der Waals surface area (Å²) in [7, 11) is 0. The maximum Gasteiger partial charge on any atom is 0.255 e. The van der Waals surface area contributed by atoms with Crippen molar-refractivity contribution < 1.29 is 9.18 Å². The number of carbonyl (C=O) groups is 1. The SMILES string of the molecule is O=C(c1cccnc1)N1CCc2c(Br)ccc(F)c2C1. The lowest BCUT2D eigenvalue weighted by Crippen LogP contribution is -2.36. The molecule has 1 aromatic carbocycles. The Kier molecular flexibility index (Phi) is 3.53. The van der Waals surface area contributed by atoms with E-state index in [2.05, 4.69) is 20.9 Å². The van der Waals surface area contributed by atoms with E-state index in [0.717, 1.165) is 10.0 Å². The van der Waals surface area contributed by atoms with E-state index >= 15 is 0 Å². The minimum absolute atomic E-state index is 0.108. The number of hydrogen-bond acceptors (Lipinski definition) is 2. The molecule has 0 N–H and O–H groups in total. The smallest absolute Gasteiger partial charge is 0.255 e. The fourth-order valence-corrected chi connectivity index (χ4v) is 3.01. The van der Waals surface area contributed by atoms with Gasteiger partial charge in [-0.25, -0.2) is 4.39 Å². The van der Waals surface area contributed by atoms with Crippen molar-refractivity contribution in [3.05, 3.63) is 63.6 Å². The number of hydrogen-bond donors (Lipinski definition) is 0. The van der Waals surface area contributed by atoms with E-state index < -0.39 is 0 Å². The van der Waals surface area contributed by atoms with Crippen molar-refractivity contribution in [2.45, 2.75) is 13.0 Å². The number of aromatic nitrogens is 1. The summed E-state index contributed by atoms with van der Waals surface area (Å²) in [6.45, 7) is 0.886. The number of carbonyl (C=O) groups excluding carboxylic acids is 1. The second kappa shape index (κ2) is 5.32. The quantitative estimate of drug-likeness (QED) is 0.802. The van der Waals surface area contributed by atoms with Crippen LogP contribution in [0.2, 0.25) is 0 Å². The lowest BCUT2D eigenvalue weighted by molar-refractivity contribution is 0.0732. The summed E-state index contributed by atoms with van der Waals surface area (Å²) in [5, 5.41) is 0. The van der Waals surface area contributed by atoms with Crippen LogP contribution in [-0.2, 0) is 13.0 Å². The molecular formula is C15H12BrFN2O. The van der Waals surface area contributed by atoms with Crippen molar-refractivity contribution >= 4 is 21.8 Å². The summed E-state index contributed by atoms with van der Waals surface area (Å²) in [6, 6.07) is 6.60. The van der Waals surface area contributed by atoms with E-state index in [1.807, 2.05) is 0 Å². The summed E-state index contributed by atoms with van der Waals surface area (Å²) in [5.41, 5.74) is 2.09. The highest BCUT2D eigenvalue weighted by Gasteiger charge is 2.25. The van der Waals surface area contributed by atoms with Gasteiger partial charge in [0, 0.05) is 35.5 Å². The first-order chi connectivity index (χ1) is 9.66.